The standard InChI is InChI=1S/C12H10BrNO/c1-8(15)5-9-6-10-3-2-4-11(13)12(10)14-7-9/h2-4,6-7H,5H2,1H3. The average molecular weight is 264 g/mol. The van der Waals surface area contributed by atoms with Gasteiger partial charge in [0.1, 0.15) is 5.78 Å². The van der Waals surface area contributed by atoms with E-state index in [0.717, 1.165) is 20.9 Å². The Labute approximate surface area is 96.5 Å². The first kappa shape index (κ1) is 10.3. The van der Waals surface area contributed by atoms with Gasteiger partial charge in [0, 0.05) is 22.5 Å². The van der Waals surface area contributed by atoms with Crippen LogP contribution >= 0.6 is 15.9 Å². The lowest BCUT2D eigenvalue weighted by atomic mass is 10.1. The number of halogens is 1. The van der Waals surface area contributed by atoms with Crippen molar-refractivity contribution < 1.29 is 4.79 Å². The molecule has 0 aliphatic rings. The normalized spacial score (nSPS) is 10.5. The van der Waals surface area contributed by atoms with Crippen LogP contribution in [0.2, 0.25) is 0 Å². The first-order valence-electron chi connectivity index (χ1n) is 4.69. The van der Waals surface area contributed by atoms with Gasteiger partial charge < -0.3 is 0 Å². The van der Waals surface area contributed by atoms with Crippen LogP contribution in [0.3, 0.4) is 0 Å². The lowest BCUT2D eigenvalue weighted by Crippen LogP contribution is -1.97. The van der Waals surface area contributed by atoms with Crippen molar-refractivity contribution >= 4 is 32.6 Å². The van der Waals surface area contributed by atoms with Crippen molar-refractivity contribution in [2.75, 3.05) is 0 Å². The van der Waals surface area contributed by atoms with Crippen LogP contribution in [0.1, 0.15) is 12.5 Å². The molecule has 0 radical (unpaired) electrons. The van der Waals surface area contributed by atoms with Crippen molar-refractivity contribution in [1.82, 2.24) is 4.98 Å². The summed E-state index contributed by atoms with van der Waals surface area (Å²) in [4.78, 5) is 15.3. The third-order valence-electron chi connectivity index (χ3n) is 2.17. The number of rotatable bonds is 2. The van der Waals surface area contributed by atoms with Gasteiger partial charge in [-0.05, 0) is 40.5 Å². The smallest absolute Gasteiger partial charge is 0.134 e. The monoisotopic (exact) mass is 263 g/mol. The van der Waals surface area contributed by atoms with Gasteiger partial charge in [-0.25, -0.2) is 0 Å². The molecular formula is C12H10BrNO. The van der Waals surface area contributed by atoms with Crippen molar-refractivity contribution in [3.8, 4) is 0 Å². The molecule has 0 saturated carbocycles. The van der Waals surface area contributed by atoms with Gasteiger partial charge >= 0.3 is 0 Å². The fraction of sp³-hybridized carbons (Fsp3) is 0.167. The summed E-state index contributed by atoms with van der Waals surface area (Å²) >= 11 is 3.44. The second-order valence-electron chi connectivity index (χ2n) is 3.53. The van der Waals surface area contributed by atoms with E-state index in [4.69, 9.17) is 0 Å². The number of pyridine rings is 1. The van der Waals surface area contributed by atoms with Gasteiger partial charge in [-0.15, -0.1) is 0 Å². The van der Waals surface area contributed by atoms with E-state index in [0.29, 0.717) is 6.42 Å². The van der Waals surface area contributed by atoms with Gasteiger partial charge in [0.15, 0.2) is 0 Å². The molecule has 1 heterocycles. The molecule has 0 bridgehead atoms. The molecule has 1 aromatic heterocycles. The summed E-state index contributed by atoms with van der Waals surface area (Å²) < 4.78 is 0.981. The zero-order valence-electron chi connectivity index (χ0n) is 8.33. The van der Waals surface area contributed by atoms with Crippen LogP contribution in [0.25, 0.3) is 10.9 Å². The number of para-hydroxylation sites is 1. The number of benzene rings is 1. The van der Waals surface area contributed by atoms with Crippen LogP contribution in [0.15, 0.2) is 34.9 Å². The van der Waals surface area contributed by atoms with Crippen LogP contribution in [0.5, 0.6) is 0 Å². The summed E-state index contributed by atoms with van der Waals surface area (Å²) in [6, 6.07) is 7.93. The molecular weight excluding hydrogens is 254 g/mol. The zero-order chi connectivity index (χ0) is 10.8. The van der Waals surface area contributed by atoms with Crippen LogP contribution in [-0.4, -0.2) is 10.8 Å². The molecule has 0 N–H and O–H groups in total. The molecule has 76 valence electrons. The number of ketones is 1. The van der Waals surface area contributed by atoms with E-state index in [-0.39, 0.29) is 5.78 Å². The van der Waals surface area contributed by atoms with E-state index in [9.17, 15) is 4.79 Å². The zero-order valence-corrected chi connectivity index (χ0v) is 9.91. The van der Waals surface area contributed by atoms with Crippen LogP contribution in [0, 0.1) is 0 Å². The molecule has 0 saturated heterocycles. The summed E-state index contributed by atoms with van der Waals surface area (Å²) in [5.41, 5.74) is 1.90. The Hall–Kier alpha value is -1.22. The maximum absolute atomic E-state index is 11.0. The lowest BCUT2D eigenvalue weighted by Gasteiger charge is -2.02. The number of Topliss-reactive ketones (excluding diaryl/α,β-unsaturated/α-hetero) is 1. The molecule has 0 unspecified atom stereocenters. The minimum absolute atomic E-state index is 0.158. The fourth-order valence-electron chi connectivity index (χ4n) is 1.55. The van der Waals surface area contributed by atoms with Crippen molar-refractivity contribution in [2.45, 2.75) is 13.3 Å². The number of carbonyl (C=O) groups is 1. The molecule has 15 heavy (non-hydrogen) atoms. The maximum Gasteiger partial charge on any atom is 0.134 e. The Morgan fingerprint density at radius 2 is 2.27 bits per heavy atom. The predicted octanol–water partition coefficient (Wildman–Crippen LogP) is 3.13. The summed E-state index contributed by atoms with van der Waals surface area (Å²) in [5.74, 6) is 0.158. The predicted molar refractivity (Wildman–Crippen MR) is 63.8 cm³/mol. The summed E-state index contributed by atoms with van der Waals surface area (Å²) in [6.45, 7) is 1.59. The van der Waals surface area contributed by atoms with Gasteiger partial charge in [0.2, 0.25) is 0 Å². The molecule has 0 spiro atoms. The van der Waals surface area contributed by atoms with Crippen molar-refractivity contribution in [2.24, 2.45) is 0 Å². The third kappa shape index (κ3) is 2.23. The van der Waals surface area contributed by atoms with Crippen LogP contribution in [-0.2, 0) is 11.2 Å². The van der Waals surface area contributed by atoms with E-state index >= 15 is 0 Å². The summed E-state index contributed by atoms with van der Waals surface area (Å²) in [7, 11) is 0. The molecule has 2 rings (SSSR count). The summed E-state index contributed by atoms with van der Waals surface area (Å²) in [6.07, 6.45) is 2.21. The van der Waals surface area contributed by atoms with E-state index < -0.39 is 0 Å². The van der Waals surface area contributed by atoms with E-state index in [1.165, 1.54) is 0 Å². The molecule has 1 aromatic carbocycles. The SMILES string of the molecule is CC(=O)Cc1cnc2c(Br)cccc2c1. The third-order valence-corrected chi connectivity index (χ3v) is 2.81. The molecule has 0 amide bonds. The number of nitrogens with zero attached hydrogens (tertiary/aromatic N) is 1. The molecule has 0 aliphatic heterocycles. The number of carbonyl (C=O) groups excluding carboxylic acids is 1. The highest BCUT2D eigenvalue weighted by molar-refractivity contribution is 9.10. The number of hydrogen-bond donors (Lipinski definition) is 0. The summed E-state index contributed by atoms with van der Waals surface area (Å²) in [5, 5.41) is 1.06. The number of fused-ring (bicyclic) bond motifs is 1. The average Bonchev–Trinajstić information content (AvgIpc) is 2.17. The van der Waals surface area contributed by atoms with Crippen LogP contribution < -0.4 is 0 Å². The molecule has 2 aromatic rings. The molecule has 0 fully saturated rings. The quantitative estimate of drug-likeness (QED) is 0.834. The largest absolute Gasteiger partial charge is 0.300 e. The van der Waals surface area contributed by atoms with E-state index in [2.05, 4.69) is 20.9 Å². The first-order valence-corrected chi connectivity index (χ1v) is 5.49. The van der Waals surface area contributed by atoms with Crippen molar-refractivity contribution in [3.05, 3.63) is 40.5 Å². The first-order chi connectivity index (χ1) is 7.16. The highest BCUT2D eigenvalue weighted by Crippen LogP contribution is 2.22. The molecule has 2 nitrogen and oxygen atoms in total. The Kier molecular flexibility index (Phi) is 2.82. The molecule has 0 aliphatic carbocycles. The lowest BCUT2D eigenvalue weighted by molar-refractivity contribution is -0.116. The highest BCUT2D eigenvalue weighted by Gasteiger charge is 2.02. The highest BCUT2D eigenvalue weighted by atomic mass is 79.9. The van der Waals surface area contributed by atoms with Gasteiger partial charge in [0.05, 0.1) is 5.52 Å². The second-order valence-corrected chi connectivity index (χ2v) is 4.39. The van der Waals surface area contributed by atoms with Crippen LogP contribution in [0.4, 0.5) is 0 Å². The van der Waals surface area contributed by atoms with Gasteiger partial charge in [-0.3, -0.25) is 9.78 Å². The van der Waals surface area contributed by atoms with Gasteiger partial charge in [-0.1, -0.05) is 12.1 Å². The van der Waals surface area contributed by atoms with E-state index in [1.54, 1.807) is 13.1 Å². The Morgan fingerprint density at radius 3 is 3.00 bits per heavy atom. The Morgan fingerprint density at radius 1 is 1.47 bits per heavy atom. The maximum atomic E-state index is 11.0. The fourth-order valence-corrected chi connectivity index (χ4v) is 2.04. The minimum Gasteiger partial charge on any atom is -0.300 e. The Balaban J connectivity index is 2.52. The van der Waals surface area contributed by atoms with Gasteiger partial charge in [-0.2, -0.15) is 0 Å². The van der Waals surface area contributed by atoms with Crippen molar-refractivity contribution in [3.63, 3.8) is 0 Å². The van der Waals surface area contributed by atoms with Gasteiger partial charge in [0.25, 0.3) is 0 Å². The minimum atomic E-state index is 0.158. The molecule has 0 atom stereocenters. The Bertz CT molecular complexity index is 522. The topological polar surface area (TPSA) is 30.0 Å². The van der Waals surface area contributed by atoms with Crippen molar-refractivity contribution in [1.29, 1.82) is 0 Å². The van der Waals surface area contributed by atoms with E-state index in [1.807, 2.05) is 24.3 Å². The second kappa shape index (κ2) is 4.11. The number of hydrogen-bond acceptors (Lipinski definition) is 2. The number of aromatic nitrogens is 1. The molecule has 3 heteroatoms.